The summed E-state index contributed by atoms with van der Waals surface area (Å²) >= 11 is 6.94. The van der Waals surface area contributed by atoms with E-state index in [1.807, 2.05) is 6.26 Å². The van der Waals surface area contributed by atoms with Gasteiger partial charge >= 0.3 is 0 Å². The van der Waals surface area contributed by atoms with Crippen LogP contribution in [0.25, 0.3) is 0 Å². The van der Waals surface area contributed by atoms with Crippen LogP contribution in [-0.4, -0.2) is 6.61 Å². The molecule has 0 amide bonds. The molecule has 0 bridgehead atoms. The van der Waals surface area contributed by atoms with Crippen LogP contribution in [0.15, 0.2) is 11.6 Å². The summed E-state index contributed by atoms with van der Waals surface area (Å²) in [6.45, 7) is 0.882. The summed E-state index contributed by atoms with van der Waals surface area (Å²) in [4.78, 5) is 0. The van der Waals surface area contributed by atoms with Gasteiger partial charge in [0, 0.05) is 5.31 Å². The Morgan fingerprint density at radius 2 is 2.33 bits per heavy atom. The van der Waals surface area contributed by atoms with Crippen LogP contribution >= 0.6 is 36.3 Å². The molecule has 0 N–H and O–H groups in total. The second kappa shape index (κ2) is 3.95. The maximum Gasteiger partial charge on any atom is 0.0881 e. The van der Waals surface area contributed by atoms with E-state index in [1.165, 1.54) is 11.7 Å². The topological polar surface area (TPSA) is 9.23 Å². The van der Waals surface area contributed by atoms with Crippen molar-refractivity contribution in [2.45, 2.75) is 12.8 Å². The number of rotatable bonds is 1. The minimum Gasteiger partial charge on any atom is -0.501 e. The van der Waals surface area contributed by atoms with Gasteiger partial charge in [-0.15, -0.1) is 0 Å². The SMILES string of the molecule is BrP(Br)C1=COCCC1. The van der Waals surface area contributed by atoms with E-state index in [2.05, 4.69) is 31.0 Å². The van der Waals surface area contributed by atoms with Gasteiger partial charge in [-0.05, 0) is 43.8 Å². The lowest BCUT2D eigenvalue weighted by atomic mass is 10.3. The van der Waals surface area contributed by atoms with Gasteiger partial charge in [-0.2, -0.15) is 0 Å². The Morgan fingerprint density at radius 1 is 1.56 bits per heavy atom. The molecule has 0 radical (unpaired) electrons. The highest BCUT2D eigenvalue weighted by molar-refractivity contribution is 9.70. The first-order valence-electron chi connectivity index (χ1n) is 2.73. The zero-order chi connectivity index (χ0) is 6.69. The highest BCUT2D eigenvalue weighted by atomic mass is 79.9. The van der Waals surface area contributed by atoms with Crippen molar-refractivity contribution in [2.24, 2.45) is 0 Å². The Bertz CT molecular complexity index is 124. The summed E-state index contributed by atoms with van der Waals surface area (Å²) < 4.78 is 5.14. The normalized spacial score (nSPS) is 19.2. The predicted octanol–water partition coefficient (Wildman–Crippen LogP) is 3.74. The number of halogens is 2. The quantitative estimate of drug-likeness (QED) is 0.662. The molecule has 1 rings (SSSR count). The van der Waals surface area contributed by atoms with E-state index in [4.69, 9.17) is 4.74 Å². The van der Waals surface area contributed by atoms with Crippen molar-refractivity contribution in [2.75, 3.05) is 6.61 Å². The highest BCUT2D eigenvalue weighted by Gasteiger charge is 2.09. The van der Waals surface area contributed by atoms with Crippen molar-refractivity contribution in [1.82, 2.24) is 0 Å². The van der Waals surface area contributed by atoms with E-state index in [-0.39, 0.29) is 5.33 Å². The van der Waals surface area contributed by atoms with Crippen LogP contribution in [0.4, 0.5) is 0 Å². The summed E-state index contributed by atoms with van der Waals surface area (Å²) in [5, 5.41) is 1.10. The minimum absolute atomic E-state index is 0.258. The molecule has 0 aliphatic carbocycles. The van der Waals surface area contributed by atoms with Crippen LogP contribution in [0.3, 0.4) is 0 Å². The van der Waals surface area contributed by atoms with Gasteiger partial charge in [-0.3, -0.25) is 0 Å². The minimum atomic E-state index is -0.258. The standard InChI is InChI=1S/C5H7Br2OP/c6-9(7)5-2-1-3-8-4-5/h4H,1-3H2. The lowest BCUT2D eigenvalue weighted by Crippen LogP contribution is -1.95. The van der Waals surface area contributed by atoms with Crippen LogP contribution in [0.1, 0.15) is 12.8 Å². The molecule has 0 atom stereocenters. The first kappa shape index (κ1) is 8.03. The molecule has 9 heavy (non-hydrogen) atoms. The van der Waals surface area contributed by atoms with Crippen LogP contribution in [0.5, 0.6) is 0 Å². The maximum absolute atomic E-state index is 5.14. The number of hydrogen-bond acceptors (Lipinski definition) is 1. The van der Waals surface area contributed by atoms with Crippen molar-refractivity contribution in [1.29, 1.82) is 0 Å². The smallest absolute Gasteiger partial charge is 0.0881 e. The second-order valence-electron chi connectivity index (χ2n) is 1.82. The first-order valence-corrected chi connectivity index (χ1v) is 8.11. The summed E-state index contributed by atoms with van der Waals surface area (Å²) in [7, 11) is 0. The average molecular weight is 274 g/mol. The van der Waals surface area contributed by atoms with Gasteiger partial charge in [0.05, 0.1) is 18.2 Å². The third-order valence-electron chi connectivity index (χ3n) is 1.13. The summed E-state index contributed by atoms with van der Waals surface area (Å²) in [6.07, 6.45) is 4.18. The van der Waals surface area contributed by atoms with Crippen molar-refractivity contribution in [3.8, 4) is 0 Å². The van der Waals surface area contributed by atoms with E-state index in [0.717, 1.165) is 13.0 Å². The lowest BCUT2D eigenvalue weighted by molar-refractivity contribution is 0.229. The van der Waals surface area contributed by atoms with Gasteiger partial charge < -0.3 is 4.74 Å². The molecule has 0 saturated carbocycles. The molecule has 1 aliphatic heterocycles. The van der Waals surface area contributed by atoms with Crippen LogP contribution in [-0.2, 0) is 4.74 Å². The molecule has 0 fully saturated rings. The van der Waals surface area contributed by atoms with Crippen LogP contribution < -0.4 is 0 Å². The molecular weight excluding hydrogens is 267 g/mol. The van der Waals surface area contributed by atoms with Crippen LogP contribution in [0.2, 0.25) is 0 Å². The van der Waals surface area contributed by atoms with Gasteiger partial charge in [0.15, 0.2) is 0 Å². The molecule has 0 saturated heterocycles. The fourth-order valence-corrected chi connectivity index (χ4v) is 2.72. The van der Waals surface area contributed by atoms with E-state index >= 15 is 0 Å². The fourth-order valence-electron chi connectivity index (χ4n) is 0.675. The largest absolute Gasteiger partial charge is 0.501 e. The Kier molecular flexibility index (Phi) is 3.52. The molecule has 1 nitrogen and oxygen atoms in total. The van der Waals surface area contributed by atoms with Crippen molar-refractivity contribution in [3.05, 3.63) is 11.6 Å². The molecule has 0 spiro atoms. The van der Waals surface area contributed by atoms with Gasteiger partial charge in [-0.1, -0.05) is 0 Å². The maximum atomic E-state index is 5.14. The monoisotopic (exact) mass is 272 g/mol. The summed E-state index contributed by atoms with van der Waals surface area (Å²) in [5.74, 6) is 0. The van der Waals surface area contributed by atoms with Gasteiger partial charge in [-0.25, -0.2) is 0 Å². The fraction of sp³-hybridized carbons (Fsp3) is 0.600. The van der Waals surface area contributed by atoms with E-state index in [0.29, 0.717) is 0 Å². The third-order valence-corrected chi connectivity index (χ3v) is 4.63. The van der Waals surface area contributed by atoms with Gasteiger partial charge in [0.2, 0.25) is 0 Å². The summed E-state index contributed by atoms with van der Waals surface area (Å²) in [6, 6.07) is 0. The molecular formula is C5H7Br2OP. The van der Waals surface area contributed by atoms with Crippen molar-refractivity contribution >= 4 is 36.3 Å². The molecule has 0 aromatic rings. The first-order chi connectivity index (χ1) is 4.30. The van der Waals surface area contributed by atoms with Crippen LogP contribution in [0, 0.1) is 0 Å². The number of ether oxygens (including phenoxy) is 1. The second-order valence-corrected chi connectivity index (χ2v) is 9.97. The average Bonchev–Trinajstić information content (AvgIpc) is 1.90. The lowest BCUT2D eigenvalue weighted by Gasteiger charge is -2.13. The zero-order valence-electron chi connectivity index (χ0n) is 4.81. The Balaban J connectivity index is 2.46. The van der Waals surface area contributed by atoms with E-state index in [1.54, 1.807) is 0 Å². The predicted molar refractivity (Wildman–Crippen MR) is 48.0 cm³/mol. The molecule has 0 aromatic carbocycles. The molecule has 1 heterocycles. The molecule has 0 unspecified atom stereocenters. The zero-order valence-corrected chi connectivity index (χ0v) is 8.88. The number of hydrogen-bond donors (Lipinski definition) is 0. The molecule has 52 valence electrons. The molecule has 4 heteroatoms. The molecule has 1 aliphatic rings. The van der Waals surface area contributed by atoms with Gasteiger partial charge in [0.1, 0.15) is 0 Å². The molecule has 0 aromatic heterocycles. The van der Waals surface area contributed by atoms with Crippen molar-refractivity contribution < 1.29 is 4.74 Å². The Morgan fingerprint density at radius 3 is 2.67 bits per heavy atom. The Hall–Kier alpha value is 0.930. The van der Waals surface area contributed by atoms with Gasteiger partial charge in [0.25, 0.3) is 0 Å². The van der Waals surface area contributed by atoms with E-state index < -0.39 is 0 Å². The van der Waals surface area contributed by atoms with Crippen molar-refractivity contribution in [3.63, 3.8) is 0 Å². The number of allylic oxidation sites excluding steroid dienone is 1. The third kappa shape index (κ3) is 2.57. The highest BCUT2D eigenvalue weighted by Crippen LogP contribution is 2.61. The summed E-state index contributed by atoms with van der Waals surface area (Å²) in [5.41, 5.74) is 0. The van der Waals surface area contributed by atoms with E-state index in [9.17, 15) is 0 Å². The Labute approximate surface area is 72.1 Å².